The van der Waals surface area contributed by atoms with Crippen molar-refractivity contribution in [2.24, 2.45) is 0 Å². The monoisotopic (exact) mass is 417 g/mol. The lowest BCUT2D eigenvalue weighted by molar-refractivity contribution is -0.115. The molecule has 0 saturated carbocycles. The highest BCUT2D eigenvalue weighted by molar-refractivity contribution is 5.79. The maximum atomic E-state index is 14.0. The van der Waals surface area contributed by atoms with E-state index in [9.17, 15) is 9.18 Å². The average Bonchev–Trinajstić information content (AvgIpc) is 3.18. The third-order valence-corrected chi connectivity index (χ3v) is 4.94. The van der Waals surface area contributed by atoms with Gasteiger partial charge in [-0.1, -0.05) is 6.92 Å². The van der Waals surface area contributed by atoms with E-state index in [1.165, 1.54) is 32.6 Å². The van der Waals surface area contributed by atoms with Gasteiger partial charge in [-0.15, -0.1) is 0 Å². The van der Waals surface area contributed by atoms with Gasteiger partial charge in [0.15, 0.2) is 11.6 Å². The van der Waals surface area contributed by atoms with Gasteiger partial charge >= 0.3 is 0 Å². The highest BCUT2D eigenvalue weighted by Crippen LogP contribution is 2.23. The van der Waals surface area contributed by atoms with E-state index >= 15 is 0 Å². The van der Waals surface area contributed by atoms with Crippen molar-refractivity contribution >= 4 is 29.3 Å². The third-order valence-electron chi connectivity index (χ3n) is 4.94. The van der Waals surface area contributed by atoms with E-state index in [1.807, 2.05) is 0 Å². The predicted octanol–water partition coefficient (Wildman–Crippen LogP) is 2.66. The number of nitrogens with zero attached hydrogens (tertiary/aromatic N) is 4. The molecule has 30 heavy (non-hydrogen) atoms. The van der Waals surface area contributed by atoms with Crippen molar-refractivity contribution in [2.45, 2.75) is 32.7 Å². The molecule has 1 unspecified atom stereocenters. The summed E-state index contributed by atoms with van der Waals surface area (Å²) in [4.78, 5) is 26.8. The molecule has 0 spiro atoms. The number of nitrogens with one attached hydrogen (secondary N) is 3. The molecule has 0 radical (unpaired) electrons. The highest BCUT2D eigenvalue weighted by Gasteiger charge is 2.23. The molecule has 1 aromatic carbocycles. The topological polar surface area (TPSA) is 104 Å². The number of ketones is 1. The maximum absolute atomic E-state index is 14.0. The molecular formula is C20H28FN7O2. The minimum absolute atomic E-state index is 0.0406. The molecule has 1 atom stereocenters. The predicted molar refractivity (Wildman–Crippen MR) is 114 cm³/mol. The summed E-state index contributed by atoms with van der Waals surface area (Å²) < 4.78 is 18.9. The van der Waals surface area contributed by atoms with Crippen LogP contribution in [-0.4, -0.2) is 65.0 Å². The van der Waals surface area contributed by atoms with E-state index < -0.39 is 5.82 Å². The highest BCUT2D eigenvalue weighted by atomic mass is 19.1. The molecule has 1 aliphatic rings. The Kier molecular flexibility index (Phi) is 7.34. The van der Waals surface area contributed by atoms with Crippen LogP contribution in [0.4, 0.5) is 27.9 Å². The van der Waals surface area contributed by atoms with Gasteiger partial charge in [-0.2, -0.15) is 15.0 Å². The lowest BCUT2D eigenvalue weighted by Crippen LogP contribution is -2.35. The summed E-state index contributed by atoms with van der Waals surface area (Å²) in [6.07, 6.45) is 2.30. The zero-order chi connectivity index (χ0) is 21.5. The molecule has 0 amide bonds. The van der Waals surface area contributed by atoms with Gasteiger partial charge in [-0.3, -0.25) is 9.69 Å². The third kappa shape index (κ3) is 5.76. The quantitative estimate of drug-likeness (QED) is 0.538. The molecule has 2 aromatic rings. The zero-order valence-corrected chi connectivity index (χ0v) is 17.5. The first-order valence-corrected chi connectivity index (χ1v) is 10.1. The van der Waals surface area contributed by atoms with Crippen LogP contribution in [0.25, 0.3) is 0 Å². The van der Waals surface area contributed by atoms with Gasteiger partial charge in [0.2, 0.25) is 17.8 Å². The minimum atomic E-state index is -0.495. The van der Waals surface area contributed by atoms with Crippen molar-refractivity contribution in [1.82, 2.24) is 19.9 Å². The van der Waals surface area contributed by atoms with Crippen LogP contribution in [0.5, 0.6) is 5.75 Å². The zero-order valence-electron chi connectivity index (χ0n) is 17.5. The van der Waals surface area contributed by atoms with Crippen molar-refractivity contribution in [2.75, 3.05) is 49.2 Å². The number of rotatable bonds is 10. The number of hydrogen-bond donors (Lipinski definition) is 3. The second-order valence-corrected chi connectivity index (χ2v) is 7.14. The first kappa shape index (κ1) is 21.7. The number of aromatic nitrogens is 3. The number of methoxy groups -OCH3 is 1. The van der Waals surface area contributed by atoms with E-state index in [1.54, 1.807) is 6.07 Å². The summed E-state index contributed by atoms with van der Waals surface area (Å²) in [6, 6.07) is 4.91. The minimum Gasteiger partial charge on any atom is -0.494 e. The molecule has 0 bridgehead atoms. The Morgan fingerprint density at radius 1 is 1.23 bits per heavy atom. The number of benzene rings is 1. The lowest BCUT2D eigenvalue weighted by atomic mass is 10.2. The van der Waals surface area contributed by atoms with Crippen molar-refractivity contribution in [3.63, 3.8) is 0 Å². The van der Waals surface area contributed by atoms with E-state index in [2.05, 4.69) is 42.7 Å². The fourth-order valence-electron chi connectivity index (χ4n) is 3.42. The smallest absolute Gasteiger partial charge is 0.233 e. The number of hydrogen-bond acceptors (Lipinski definition) is 9. The number of anilines is 4. The fraction of sp³-hybridized carbons (Fsp3) is 0.500. The second kappa shape index (κ2) is 10.1. The molecule has 3 N–H and O–H groups in total. The van der Waals surface area contributed by atoms with E-state index in [0.29, 0.717) is 24.2 Å². The molecule has 0 aliphatic carbocycles. The van der Waals surface area contributed by atoms with Crippen LogP contribution in [0.1, 0.15) is 26.7 Å². The largest absolute Gasteiger partial charge is 0.494 e. The van der Waals surface area contributed by atoms with Gasteiger partial charge in [0.1, 0.15) is 5.78 Å². The molecule has 1 saturated heterocycles. The van der Waals surface area contributed by atoms with E-state index in [4.69, 9.17) is 4.74 Å². The molecule has 1 fully saturated rings. The molecule has 162 valence electrons. The number of likely N-dealkylation sites (tertiary alicyclic amines) is 1. The normalized spacial score (nSPS) is 16.3. The number of carbonyl (C=O) groups is 1. The number of likely N-dealkylation sites (N-methyl/N-ethyl adjacent to an activating group) is 1. The van der Waals surface area contributed by atoms with Gasteiger partial charge in [0, 0.05) is 24.3 Å². The molecular weight excluding hydrogens is 389 g/mol. The Hall–Kier alpha value is -3.01. The first-order valence-electron chi connectivity index (χ1n) is 10.1. The standard InChI is InChI=1S/C20H28FN7O2/c1-4-28-9-5-6-15(28)12-23-19-25-18(22-11-13(2)29)26-20(27-19)24-14-7-8-17(30-3)16(21)10-14/h7-8,10,15H,4-6,9,11-12H2,1-3H3,(H3,22,23,24,25,26,27). The lowest BCUT2D eigenvalue weighted by Gasteiger charge is -2.23. The van der Waals surface area contributed by atoms with Crippen LogP contribution in [0, 0.1) is 5.82 Å². The SMILES string of the molecule is CCN1CCCC1CNc1nc(NCC(C)=O)nc(Nc2ccc(OC)c(F)c2)n1. The summed E-state index contributed by atoms with van der Waals surface area (Å²) in [5, 5.41) is 9.14. The van der Waals surface area contributed by atoms with Crippen molar-refractivity contribution in [3.8, 4) is 5.75 Å². The van der Waals surface area contributed by atoms with Gasteiger partial charge in [-0.05, 0) is 45.0 Å². The maximum Gasteiger partial charge on any atom is 0.233 e. The second-order valence-electron chi connectivity index (χ2n) is 7.14. The summed E-state index contributed by atoms with van der Waals surface area (Å²) in [7, 11) is 1.41. The Bertz CT molecular complexity index is 880. The summed E-state index contributed by atoms with van der Waals surface area (Å²) in [5.74, 6) is 0.502. The first-order chi connectivity index (χ1) is 14.5. The van der Waals surface area contributed by atoms with Crippen molar-refractivity contribution in [3.05, 3.63) is 24.0 Å². The van der Waals surface area contributed by atoms with Gasteiger partial charge in [0.25, 0.3) is 0 Å². The van der Waals surface area contributed by atoms with Crippen LogP contribution in [0.3, 0.4) is 0 Å². The van der Waals surface area contributed by atoms with Crippen LogP contribution >= 0.6 is 0 Å². The van der Waals surface area contributed by atoms with Crippen molar-refractivity contribution < 1.29 is 13.9 Å². The molecule has 1 aromatic heterocycles. The Morgan fingerprint density at radius 2 is 1.97 bits per heavy atom. The van der Waals surface area contributed by atoms with Gasteiger partial charge in [0.05, 0.1) is 13.7 Å². The van der Waals surface area contributed by atoms with Crippen LogP contribution < -0.4 is 20.7 Å². The van der Waals surface area contributed by atoms with Crippen LogP contribution in [0.2, 0.25) is 0 Å². The van der Waals surface area contributed by atoms with Crippen molar-refractivity contribution in [1.29, 1.82) is 0 Å². The van der Waals surface area contributed by atoms with Gasteiger partial charge in [-0.25, -0.2) is 4.39 Å². The Labute approximate surface area is 175 Å². The number of ether oxygens (including phenoxy) is 1. The van der Waals surface area contributed by atoms with Crippen LogP contribution in [0.15, 0.2) is 18.2 Å². The molecule has 2 heterocycles. The summed E-state index contributed by atoms with van der Waals surface area (Å²) >= 11 is 0. The molecule has 10 heteroatoms. The molecule has 9 nitrogen and oxygen atoms in total. The Balaban J connectivity index is 1.77. The number of Topliss-reactive ketones (excluding diaryl/α,β-unsaturated/α-hetero) is 1. The molecule has 1 aliphatic heterocycles. The number of carbonyl (C=O) groups excluding carboxylic acids is 1. The summed E-state index contributed by atoms with van der Waals surface area (Å²) in [5.41, 5.74) is 0.468. The molecule has 3 rings (SSSR count). The van der Waals surface area contributed by atoms with Gasteiger partial charge < -0.3 is 20.7 Å². The summed E-state index contributed by atoms with van der Waals surface area (Å²) in [6.45, 7) is 6.55. The average molecular weight is 417 g/mol. The van der Waals surface area contributed by atoms with E-state index in [0.717, 1.165) is 19.5 Å². The van der Waals surface area contributed by atoms with E-state index in [-0.39, 0.29) is 30.0 Å². The van der Waals surface area contributed by atoms with Crippen LogP contribution in [-0.2, 0) is 4.79 Å². The fourth-order valence-corrected chi connectivity index (χ4v) is 3.42. The number of halogens is 1. The Morgan fingerprint density at radius 3 is 2.63 bits per heavy atom.